The van der Waals surface area contributed by atoms with Gasteiger partial charge in [-0.2, -0.15) is 0 Å². The van der Waals surface area contributed by atoms with Crippen molar-refractivity contribution in [3.05, 3.63) is 65.7 Å². The fourth-order valence-electron chi connectivity index (χ4n) is 1.92. The summed E-state index contributed by atoms with van der Waals surface area (Å²) in [6.45, 7) is 0.312. The molecule has 0 radical (unpaired) electrons. The summed E-state index contributed by atoms with van der Waals surface area (Å²) < 4.78 is 10.4. The fourth-order valence-corrected chi connectivity index (χ4v) is 1.92. The third-order valence-electron chi connectivity index (χ3n) is 3.11. The molecule has 5 nitrogen and oxygen atoms in total. The maximum absolute atomic E-state index is 11.7. The molecule has 0 bridgehead atoms. The molecule has 2 aromatic carbocycles. The standard InChI is InChI=1S/C18H19NO4/c1-21-16-10-8-15(17(12-16)22-2)9-11-18(20)19-23-13-14-6-4-3-5-7-14/h3-12H,13H2,1-2H3,(H,19,20)/b11-9+. The van der Waals surface area contributed by atoms with Crippen molar-refractivity contribution >= 4 is 12.0 Å². The zero-order valence-corrected chi connectivity index (χ0v) is 13.1. The molecule has 0 unspecified atom stereocenters. The minimum Gasteiger partial charge on any atom is -0.497 e. The summed E-state index contributed by atoms with van der Waals surface area (Å²) in [5.41, 5.74) is 4.12. The number of hydroxylamine groups is 1. The summed E-state index contributed by atoms with van der Waals surface area (Å²) in [5.74, 6) is 0.965. The molecule has 0 aliphatic heterocycles. The number of benzene rings is 2. The predicted molar refractivity (Wildman–Crippen MR) is 88.0 cm³/mol. The zero-order chi connectivity index (χ0) is 16.5. The van der Waals surface area contributed by atoms with E-state index in [4.69, 9.17) is 14.3 Å². The van der Waals surface area contributed by atoms with E-state index in [1.807, 2.05) is 36.4 Å². The number of carbonyl (C=O) groups is 1. The van der Waals surface area contributed by atoms with Crippen LogP contribution in [0, 0.1) is 0 Å². The lowest BCUT2D eigenvalue weighted by Gasteiger charge is -2.07. The Bertz CT molecular complexity index is 668. The summed E-state index contributed by atoms with van der Waals surface area (Å²) in [6, 6.07) is 15.0. The van der Waals surface area contributed by atoms with E-state index < -0.39 is 0 Å². The van der Waals surface area contributed by atoms with Gasteiger partial charge in [0, 0.05) is 17.7 Å². The molecular weight excluding hydrogens is 294 g/mol. The van der Waals surface area contributed by atoms with Gasteiger partial charge in [0.05, 0.1) is 20.8 Å². The van der Waals surface area contributed by atoms with Crippen LogP contribution in [-0.4, -0.2) is 20.1 Å². The number of methoxy groups -OCH3 is 2. The molecule has 0 fully saturated rings. The van der Waals surface area contributed by atoms with Gasteiger partial charge in [-0.05, 0) is 23.8 Å². The van der Waals surface area contributed by atoms with E-state index >= 15 is 0 Å². The second-order valence-corrected chi connectivity index (χ2v) is 4.68. The first-order valence-corrected chi connectivity index (χ1v) is 7.08. The summed E-state index contributed by atoms with van der Waals surface area (Å²) in [6.07, 6.45) is 3.04. The molecule has 0 saturated heterocycles. The lowest BCUT2D eigenvalue weighted by molar-refractivity contribution is -0.129. The van der Waals surface area contributed by atoms with Crippen molar-refractivity contribution < 1.29 is 19.1 Å². The number of amides is 1. The van der Waals surface area contributed by atoms with E-state index in [1.54, 1.807) is 32.4 Å². The van der Waals surface area contributed by atoms with E-state index in [1.165, 1.54) is 6.08 Å². The number of nitrogens with one attached hydrogen (secondary N) is 1. The van der Waals surface area contributed by atoms with Crippen LogP contribution in [-0.2, 0) is 16.2 Å². The molecule has 0 atom stereocenters. The van der Waals surface area contributed by atoms with Gasteiger partial charge in [-0.3, -0.25) is 9.63 Å². The van der Waals surface area contributed by atoms with Crippen LogP contribution in [0.25, 0.3) is 6.08 Å². The highest BCUT2D eigenvalue weighted by molar-refractivity contribution is 5.91. The lowest BCUT2D eigenvalue weighted by Crippen LogP contribution is -2.21. The van der Waals surface area contributed by atoms with Gasteiger partial charge in [-0.1, -0.05) is 30.3 Å². The van der Waals surface area contributed by atoms with Crippen molar-refractivity contribution in [1.82, 2.24) is 5.48 Å². The number of hydrogen-bond donors (Lipinski definition) is 1. The molecule has 1 N–H and O–H groups in total. The van der Waals surface area contributed by atoms with Gasteiger partial charge >= 0.3 is 0 Å². The highest BCUT2D eigenvalue weighted by Crippen LogP contribution is 2.25. The first-order valence-electron chi connectivity index (χ1n) is 7.08. The Morgan fingerprint density at radius 2 is 1.87 bits per heavy atom. The molecule has 0 aliphatic rings. The molecule has 23 heavy (non-hydrogen) atoms. The third-order valence-corrected chi connectivity index (χ3v) is 3.11. The van der Waals surface area contributed by atoms with E-state index in [9.17, 15) is 4.79 Å². The molecule has 120 valence electrons. The van der Waals surface area contributed by atoms with E-state index in [-0.39, 0.29) is 5.91 Å². The molecular formula is C18H19NO4. The van der Waals surface area contributed by atoms with Crippen LogP contribution in [0.5, 0.6) is 11.5 Å². The van der Waals surface area contributed by atoms with Crippen molar-refractivity contribution in [2.75, 3.05) is 14.2 Å². The van der Waals surface area contributed by atoms with Crippen LogP contribution in [0.1, 0.15) is 11.1 Å². The maximum atomic E-state index is 11.7. The average Bonchev–Trinajstić information content (AvgIpc) is 2.60. The van der Waals surface area contributed by atoms with Crippen LogP contribution < -0.4 is 15.0 Å². The van der Waals surface area contributed by atoms with Crippen molar-refractivity contribution in [1.29, 1.82) is 0 Å². The van der Waals surface area contributed by atoms with Crippen LogP contribution in [0.15, 0.2) is 54.6 Å². The summed E-state index contributed by atoms with van der Waals surface area (Å²) in [5, 5.41) is 0. The highest BCUT2D eigenvalue weighted by Gasteiger charge is 2.03. The van der Waals surface area contributed by atoms with Crippen molar-refractivity contribution in [3.8, 4) is 11.5 Å². The zero-order valence-electron chi connectivity index (χ0n) is 13.1. The average molecular weight is 313 g/mol. The van der Waals surface area contributed by atoms with Gasteiger partial charge in [-0.25, -0.2) is 5.48 Å². The topological polar surface area (TPSA) is 56.8 Å². The van der Waals surface area contributed by atoms with Crippen LogP contribution in [0.2, 0.25) is 0 Å². The van der Waals surface area contributed by atoms with Gasteiger partial charge in [0.2, 0.25) is 0 Å². The minimum absolute atomic E-state index is 0.312. The Balaban J connectivity index is 1.88. The van der Waals surface area contributed by atoms with Crippen LogP contribution in [0.3, 0.4) is 0 Å². The quantitative estimate of drug-likeness (QED) is 0.631. The molecule has 5 heteroatoms. The Kier molecular flexibility index (Phi) is 6.20. The van der Waals surface area contributed by atoms with Gasteiger partial charge in [0.15, 0.2) is 0 Å². The largest absolute Gasteiger partial charge is 0.497 e. The van der Waals surface area contributed by atoms with Gasteiger partial charge < -0.3 is 9.47 Å². The molecule has 0 saturated carbocycles. The molecule has 0 aromatic heterocycles. The minimum atomic E-state index is -0.348. The van der Waals surface area contributed by atoms with Crippen molar-refractivity contribution in [2.45, 2.75) is 6.61 Å². The van der Waals surface area contributed by atoms with E-state index in [2.05, 4.69) is 5.48 Å². The van der Waals surface area contributed by atoms with Gasteiger partial charge in [0.1, 0.15) is 11.5 Å². The van der Waals surface area contributed by atoms with Crippen molar-refractivity contribution in [2.24, 2.45) is 0 Å². The second kappa shape index (κ2) is 8.60. The Morgan fingerprint density at radius 1 is 1.09 bits per heavy atom. The predicted octanol–water partition coefficient (Wildman–Crippen LogP) is 2.97. The molecule has 2 rings (SSSR count). The van der Waals surface area contributed by atoms with E-state index in [0.717, 1.165) is 11.1 Å². The second-order valence-electron chi connectivity index (χ2n) is 4.68. The Labute approximate surface area is 135 Å². The molecule has 0 heterocycles. The number of hydrogen-bond acceptors (Lipinski definition) is 4. The number of carbonyl (C=O) groups excluding carboxylic acids is 1. The van der Waals surface area contributed by atoms with Crippen LogP contribution >= 0.6 is 0 Å². The highest BCUT2D eigenvalue weighted by atomic mass is 16.6. The maximum Gasteiger partial charge on any atom is 0.267 e. The van der Waals surface area contributed by atoms with Gasteiger partial charge in [0.25, 0.3) is 5.91 Å². The summed E-state index contributed by atoms with van der Waals surface area (Å²) in [7, 11) is 3.15. The monoisotopic (exact) mass is 313 g/mol. The van der Waals surface area contributed by atoms with Crippen LogP contribution in [0.4, 0.5) is 0 Å². The first-order chi connectivity index (χ1) is 11.2. The number of ether oxygens (including phenoxy) is 2. The SMILES string of the molecule is COc1ccc(/C=C/C(=O)NOCc2ccccc2)c(OC)c1. The number of rotatable bonds is 7. The Hall–Kier alpha value is -2.79. The molecule has 1 amide bonds. The van der Waals surface area contributed by atoms with Crippen molar-refractivity contribution in [3.63, 3.8) is 0 Å². The third kappa shape index (κ3) is 5.16. The molecule has 0 spiro atoms. The fraction of sp³-hybridized carbons (Fsp3) is 0.167. The van der Waals surface area contributed by atoms with E-state index in [0.29, 0.717) is 18.1 Å². The Morgan fingerprint density at radius 3 is 2.57 bits per heavy atom. The summed E-state index contributed by atoms with van der Waals surface area (Å²) in [4.78, 5) is 16.9. The molecule has 0 aliphatic carbocycles. The molecule has 2 aromatic rings. The summed E-state index contributed by atoms with van der Waals surface area (Å²) >= 11 is 0. The normalized spacial score (nSPS) is 10.5. The lowest BCUT2D eigenvalue weighted by atomic mass is 10.1. The van der Waals surface area contributed by atoms with Gasteiger partial charge in [-0.15, -0.1) is 0 Å². The first kappa shape index (κ1) is 16.6. The smallest absolute Gasteiger partial charge is 0.267 e.